The summed E-state index contributed by atoms with van der Waals surface area (Å²) in [6, 6.07) is 6.29. The summed E-state index contributed by atoms with van der Waals surface area (Å²) in [5, 5.41) is 6.42. The fourth-order valence-corrected chi connectivity index (χ4v) is 5.12. The van der Waals surface area contributed by atoms with Crippen LogP contribution in [-0.2, 0) is 9.59 Å². The Hall–Kier alpha value is -1.92. The second-order valence-electron chi connectivity index (χ2n) is 9.98. The monoisotopic (exact) mass is 430 g/mol. The number of rotatable bonds is 6. The number of quaternary nitrogens is 2. The zero-order valence-electron chi connectivity index (χ0n) is 20.0. The molecule has 1 saturated carbocycles. The van der Waals surface area contributed by atoms with Gasteiger partial charge in [0.25, 0.3) is 11.8 Å². The molecule has 4 atom stereocenters. The average molecular weight is 431 g/mol. The number of carbonyl (C=O) groups excluding carboxylic acids is 2. The van der Waals surface area contributed by atoms with Gasteiger partial charge in [0.15, 0.2) is 12.6 Å². The molecule has 2 aliphatic rings. The third-order valence-corrected chi connectivity index (χ3v) is 7.93. The molecule has 6 nitrogen and oxygen atoms in total. The second kappa shape index (κ2) is 10.6. The number of benzene rings is 1. The molecule has 0 radical (unpaired) electrons. The number of aryl methyl sites for hydroxylation is 1. The van der Waals surface area contributed by atoms with Crippen molar-refractivity contribution in [1.82, 2.24) is 5.32 Å². The first kappa shape index (κ1) is 23.7. The Morgan fingerprint density at radius 1 is 1.10 bits per heavy atom. The highest BCUT2D eigenvalue weighted by molar-refractivity contribution is 5.92. The Labute approximate surface area is 187 Å². The van der Waals surface area contributed by atoms with E-state index in [-0.39, 0.29) is 17.9 Å². The summed E-state index contributed by atoms with van der Waals surface area (Å²) in [7, 11) is 0. The minimum atomic E-state index is -0.0326. The lowest BCUT2D eigenvalue weighted by molar-refractivity contribution is -1.01. The van der Waals surface area contributed by atoms with Crippen LogP contribution in [0.4, 0.5) is 5.69 Å². The van der Waals surface area contributed by atoms with E-state index in [1.54, 1.807) is 0 Å². The van der Waals surface area contributed by atoms with Gasteiger partial charge in [0, 0.05) is 11.7 Å². The van der Waals surface area contributed by atoms with Gasteiger partial charge in [-0.15, -0.1) is 0 Å². The topological polar surface area (TPSA) is 67.1 Å². The van der Waals surface area contributed by atoms with Gasteiger partial charge in [-0.05, 0) is 56.2 Å². The van der Waals surface area contributed by atoms with Gasteiger partial charge < -0.3 is 20.4 Å². The first-order valence-corrected chi connectivity index (χ1v) is 12.1. The summed E-state index contributed by atoms with van der Waals surface area (Å²) in [4.78, 5) is 28.1. The van der Waals surface area contributed by atoms with Crippen molar-refractivity contribution in [2.75, 3.05) is 38.0 Å². The molecule has 0 aromatic heterocycles. The summed E-state index contributed by atoms with van der Waals surface area (Å²) < 4.78 is 0. The van der Waals surface area contributed by atoms with Crippen molar-refractivity contribution in [3.8, 4) is 0 Å². The smallest absolute Gasteiger partial charge is 0.279 e. The molecule has 1 heterocycles. The lowest BCUT2D eigenvalue weighted by Crippen LogP contribution is -3.30. The number of piperazine rings is 1. The molecule has 2 amide bonds. The van der Waals surface area contributed by atoms with Crippen molar-refractivity contribution in [3.05, 3.63) is 29.3 Å². The molecule has 4 N–H and O–H groups in total. The quantitative estimate of drug-likeness (QED) is 0.526. The first-order valence-electron chi connectivity index (χ1n) is 12.1. The Kier molecular flexibility index (Phi) is 8.11. The highest BCUT2D eigenvalue weighted by Gasteiger charge is 2.34. The van der Waals surface area contributed by atoms with Crippen molar-refractivity contribution in [2.45, 2.75) is 66.0 Å². The van der Waals surface area contributed by atoms with Gasteiger partial charge in [-0.25, -0.2) is 0 Å². The van der Waals surface area contributed by atoms with Crippen molar-refractivity contribution in [1.29, 1.82) is 0 Å². The SMILES string of the molecule is Cc1cccc(NC(=O)C[NH+]2CC[NH+]([C@@H](C)C(=O)N[C@H]3CCC[C@H](C)[C@@H]3C)CC2)c1C. The normalized spacial score (nSPS) is 29.8. The molecule has 3 rings (SSSR count). The van der Waals surface area contributed by atoms with Crippen LogP contribution in [0.15, 0.2) is 18.2 Å². The van der Waals surface area contributed by atoms with E-state index in [2.05, 4.69) is 44.4 Å². The van der Waals surface area contributed by atoms with E-state index in [1.165, 1.54) is 28.2 Å². The van der Waals surface area contributed by atoms with E-state index in [1.807, 2.05) is 19.1 Å². The minimum Gasteiger partial charge on any atom is -0.348 e. The molecular weight excluding hydrogens is 388 g/mol. The van der Waals surface area contributed by atoms with Gasteiger partial charge in [0.05, 0.1) is 0 Å². The van der Waals surface area contributed by atoms with E-state index in [0.717, 1.165) is 43.9 Å². The third kappa shape index (κ3) is 6.07. The van der Waals surface area contributed by atoms with E-state index in [0.29, 0.717) is 24.4 Å². The maximum atomic E-state index is 12.9. The predicted molar refractivity (Wildman–Crippen MR) is 124 cm³/mol. The maximum absolute atomic E-state index is 12.9. The largest absolute Gasteiger partial charge is 0.348 e. The predicted octanol–water partition coefficient (Wildman–Crippen LogP) is 0.355. The van der Waals surface area contributed by atoms with Crippen LogP contribution in [0.3, 0.4) is 0 Å². The lowest BCUT2D eigenvalue weighted by Gasteiger charge is -2.36. The van der Waals surface area contributed by atoms with Crippen LogP contribution in [0.2, 0.25) is 0 Å². The molecule has 0 unspecified atom stereocenters. The first-order chi connectivity index (χ1) is 14.8. The Bertz CT molecular complexity index is 773. The van der Waals surface area contributed by atoms with E-state index in [9.17, 15) is 9.59 Å². The molecule has 2 fully saturated rings. The summed E-state index contributed by atoms with van der Waals surface area (Å²) in [6.45, 7) is 14.9. The molecule has 1 aliphatic heterocycles. The number of hydrogen-bond acceptors (Lipinski definition) is 2. The van der Waals surface area contributed by atoms with Gasteiger partial charge in [-0.1, -0.05) is 38.8 Å². The molecule has 1 saturated heterocycles. The number of hydrogen-bond donors (Lipinski definition) is 4. The molecule has 6 heteroatoms. The molecular formula is C25H42N4O2+2. The maximum Gasteiger partial charge on any atom is 0.279 e. The van der Waals surface area contributed by atoms with Crippen LogP contribution in [0, 0.1) is 25.7 Å². The van der Waals surface area contributed by atoms with Crippen LogP contribution in [0.25, 0.3) is 0 Å². The Balaban J connectivity index is 1.43. The highest BCUT2D eigenvalue weighted by Crippen LogP contribution is 2.29. The van der Waals surface area contributed by atoms with Gasteiger partial charge in [-0.3, -0.25) is 9.59 Å². The van der Waals surface area contributed by atoms with Crippen molar-refractivity contribution < 1.29 is 19.4 Å². The zero-order chi connectivity index (χ0) is 22.5. The van der Waals surface area contributed by atoms with Gasteiger partial charge in [-0.2, -0.15) is 0 Å². The van der Waals surface area contributed by atoms with Crippen LogP contribution < -0.4 is 20.4 Å². The Morgan fingerprint density at radius 3 is 2.52 bits per heavy atom. The summed E-state index contributed by atoms with van der Waals surface area (Å²) in [6.07, 6.45) is 3.59. The fourth-order valence-electron chi connectivity index (χ4n) is 5.12. The number of amides is 2. The number of nitrogens with one attached hydrogen (secondary N) is 4. The molecule has 31 heavy (non-hydrogen) atoms. The summed E-state index contributed by atoms with van der Waals surface area (Å²) in [5.74, 6) is 1.50. The standard InChI is InChI=1S/C25H40N4O2/c1-17-8-6-10-22(19(17)3)26-24(30)16-28-12-14-29(15-13-28)21(5)25(31)27-23-11-7-9-18(2)20(23)4/h6,8,10,18,20-21,23H,7,9,11-16H2,1-5H3,(H,26,30)(H,27,31)/p+2/t18-,20-,21-,23-/m0/s1. The molecule has 1 aromatic rings. The fraction of sp³-hybridized carbons (Fsp3) is 0.680. The zero-order valence-corrected chi connectivity index (χ0v) is 20.0. The van der Waals surface area contributed by atoms with Crippen LogP contribution in [-0.4, -0.2) is 56.6 Å². The van der Waals surface area contributed by atoms with E-state index in [4.69, 9.17) is 0 Å². The number of anilines is 1. The second-order valence-corrected chi connectivity index (χ2v) is 9.98. The molecule has 1 aromatic carbocycles. The van der Waals surface area contributed by atoms with Crippen LogP contribution in [0.1, 0.15) is 51.2 Å². The third-order valence-electron chi connectivity index (χ3n) is 7.93. The minimum absolute atomic E-state index is 0.0326. The van der Waals surface area contributed by atoms with Crippen molar-refractivity contribution in [2.24, 2.45) is 11.8 Å². The number of carbonyl (C=O) groups is 2. The molecule has 1 aliphatic carbocycles. The summed E-state index contributed by atoms with van der Waals surface area (Å²) >= 11 is 0. The molecule has 172 valence electrons. The van der Waals surface area contributed by atoms with Gasteiger partial charge in [0.2, 0.25) is 0 Å². The van der Waals surface area contributed by atoms with Crippen molar-refractivity contribution in [3.63, 3.8) is 0 Å². The van der Waals surface area contributed by atoms with Gasteiger partial charge >= 0.3 is 0 Å². The Morgan fingerprint density at radius 2 is 1.81 bits per heavy atom. The lowest BCUT2D eigenvalue weighted by atomic mass is 9.78. The van der Waals surface area contributed by atoms with E-state index >= 15 is 0 Å². The average Bonchev–Trinajstić information content (AvgIpc) is 2.74. The van der Waals surface area contributed by atoms with Crippen LogP contribution in [0.5, 0.6) is 0 Å². The molecule has 0 spiro atoms. The molecule has 0 bridgehead atoms. The summed E-state index contributed by atoms with van der Waals surface area (Å²) in [5.41, 5.74) is 3.22. The van der Waals surface area contributed by atoms with Gasteiger partial charge in [0.1, 0.15) is 26.2 Å². The van der Waals surface area contributed by atoms with Crippen LogP contribution >= 0.6 is 0 Å². The van der Waals surface area contributed by atoms with E-state index < -0.39 is 0 Å². The van der Waals surface area contributed by atoms with Crippen molar-refractivity contribution >= 4 is 17.5 Å². The highest BCUT2D eigenvalue weighted by atomic mass is 16.2.